The number of benzene rings is 2. The molecule has 2 N–H and O–H groups in total. The highest BCUT2D eigenvalue weighted by Crippen LogP contribution is 2.21. The predicted molar refractivity (Wildman–Crippen MR) is 93.2 cm³/mol. The summed E-state index contributed by atoms with van der Waals surface area (Å²) < 4.78 is 0. The van der Waals surface area contributed by atoms with E-state index in [2.05, 4.69) is 5.32 Å². The van der Waals surface area contributed by atoms with Crippen LogP contribution in [0.2, 0.25) is 5.02 Å². The Hall–Kier alpha value is -2.37. The van der Waals surface area contributed by atoms with Crippen LogP contribution in [0.3, 0.4) is 0 Å². The van der Waals surface area contributed by atoms with Gasteiger partial charge in [-0.3, -0.25) is 9.59 Å². The summed E-state index contributed by atoms with van der Waals surface area (Å²) in [7, 11) is 3.33. The first-order valence-corrected chi connectivity index (χ1v) is 7.80. The van der Waals surface area contributed by atoms with Crippen molar-refractivity contribution in [1.29, 1.82) is 0 Å². The van der Waals surface area contributed by atoms with Gasteiger partial charge in [-0.05, 0) is 30.3 Å². The van der Waals surface area contributed by atoms with Crippen LogP contribution in [0.5, 0.6) is 0 Å². The predicted octanol–water partition coefficient (Wildman–Crippen LogP) is 2.51. The minimum atomic E-state index is -0.891. The maximum atomic E-state index is 12.1. The van der Waals surface area contributed by atoms with Gasteiger partial charge in [-0.15, -0.1) is 0 Å². The molecule has 126 valence electrons. The third-order valence-electron chi connectivity index (χ3n) is 3.52. The molecule has 0 aliphatic heterocycles. The fourth-order valence-corrected chi connectivity index (χ4v) is 2.43. The molecule has 5 nitrogen and oxygen atoms in total. The lowest BCUT2D eigenvalue weighted by molar-refractivity contribution is 0.0826. The number of hydrogen-bond donors (Lipinski definition) is 2. The summed E-state index contributed by atoms with van der Waals surface area (Å²) in [5.41, 5.74) is 1.48. The topological polar surface area (TPSA) is 69.6 Å². The first-order valence-electron chi connectivity index (χ1n) is 7.42. The van der Waals surface area contributed by atoms with E-state index in [0.717, 1.165) is 0 Å². The average Bonchev–Trinajstić information content (AvgIpc) is 2.59. The number of aliphatic hydroxyl groups excluding tert-OH is 1. The van der Waals surface area contributed by atoms with E-state index in [9.17, 15) is 14.7 Å². The number of hydrogen-bond acceptors (Lipinski definition) is 3. The maximum absolute atomic E-state index is 12.1. The summed E-state index contributed by atoms with van der Waals surface area (Å²) in [5.74, 6) is -0.457. The third kappa shape index (κ3) is 4.34. The van der Waals surface area contributed by atoms with Gasteiger partial charge in [0, 0.05) is 42.4 Å². The number of halogens is 1. The largest absolute Gasteiger partial charge is 0.387 e. The smallest absolute Gasteiger partial charge is 0.253 e. The molecule has 0 aromatic heterocycles. The molecule has 0 saturated heterocycles. The molecule has 6 heteroatoms. The van der Waals surface area contributed by atoms with Gasteiger partial charge in [0.25, 0.3) is 11.8 Å². The molecule has 0 radical (unpaired) electrons. The Balaban J connectivity index is 1.98. The molecule has 24 heavy (non-hydrogen) atoms. The van der Waals surface area contributed by atoms with Gasteiger partial charge in [0.1, 0.15) is 0 Å². The van der Waals surface area contributed by atoms with Gasteiger partial charge in [0.05, 0.1) is 6.10 Å². The van der Waals surface area contributed by atoms with Crippen molar-refractivity contribution in [3.8, 4) is 0 Å². The first-order chi connectivity index (χ1) is 11.4. The summed E-state index contributed by atoms with van der Waals surface area (Å²) in [6.45, 7) is 0.0426. The van der Waals surface area contributed by atoms with Crippen LogP contribution in [-0.4, -0.2) is 42.5 Å². The van der Waals surface area contributed by atoms with Crippen molar-refractivity contribution in [2.75, 3.05) is 20.6 Å². The molecule has 0 heterocycles. The van der Waals surface area contributed by atoms with E-state index >= 15 is 0 Å². The molecule has 2 aromatic carbocycles. The van der Waals surface area contributed by atoms with Crippen LogP contribution in [0.25, 0.3) is 0 Å². The second-order valence-corrected chi connectivity index (χ2v) is 5.93. The minimum absolute atomic E-state index is 0.0426. The zero-order valence-electron chi connectivity index (χ0n) is 13.5. The van der Waals surface area contributed by atoms with Crippen molar-refractivity contribution < 1.29 is 14.7 Å². The van der Waals surface area contributed by atoms with Gasteiger partial charge in [-0.1, -0.05) is 29.8 Å². The van der Waals surface area contributed by atoms with Gasteiger partial charge in [0.2, 0.25) is 0 Å². The average molecular weight is 347 g/mol. The van der Waals surface area contributed by atoms with Crippen molar-refractivity contribution in [2.24, 2.45) is 0 Å². The van der Waals surface area contributed by atoms with Crippen LogP contribution in [0.4, 0.5) is 0 Å². The Bertz CT molecular complexity index is 729. The number of nitrogens with one attached hydrogen (secondary N) is 1. The Morgan fingerprint density at radius 2 is 1.67 bits per heavy atom. The molecule has 2 rings (SSSR count). The number of amides is 2. The number of aliphatic hydroxyl groups is 1. The molecule has 2 amide bonds. The van der Waals surface area contributed by atoms with E-state index in [-0.39, 0.29) is 18.4 Å². The molecule has 0 saturated carbocycles. The van der Waals surface area contributed by atoms with E-state index in [1.807, 2.05) is 0 Å². The summed E-state index contributed by atoms with van der Waals surface area (Å²) in [6.07, 6.45) is -0.891. The minimum Gasteiger partial charge on any atom is -0.387 e. The number of rotatable bonds is 5. The summed E-state index contributed by atoms with van der Waals surface area (Å²) in [4.78, 5) is 25.4. The highest BCUT2D eigenvalue weighted by molar-refractivity contribution is 6.31. The van der Waals surface area contributed by atoms with Crippen molar-refractivity contribution in [3.63, 3.8) is 0 Å². The first kappa shape index (κ1) is 18.0. The lowest BCUT2D eigenvalue weighted by Gasteiger charge is -2.14. The second-order valence-electron chi connectivity index (χ2n) is 5.52. The maximum Gasteiger partial charge on any atom is 0.253 e. The van der Waals surface area contributed by atoms with Crippen LogP contribution >= 0.6 is 11.6 Å². The number of nitrogens with zero attached hydrogens (tertiary/aromatic N) is 1. The van der Waals surface area contributed by atoms with Crippen molar-refractivity contribution in [2.45, 2.75) is 6.10 Å². The number of carbonyl (C=O) groups excluding carboxylic acids is 2. The van der Waals surface area contributed by atoms with E-state index < -0.39 is 6.10 Å². The van der Waals surface area contributed by atoms with Gasteiger partial charge in [-0.2, -0.15) is 0 Å². The van der Waals surface area contributed by atoms with Crippen molar-refractivity contribution in [1.82, 2.24) is 10.2 Å². The standard InChI is InChI=1S/C18H19ClN2O3/c1-21(2)18(24)13-9-7-12(8-10-13)17(23)20-11-16(22)14-5-3-4-6-15(14)19/h3-10,16,22H,11H2,1-2H3,(H,20,23). The van der Waals surface area contributed by atoms with E-state index in [1.165, 1.54) is 4.90 Å². The number of carbonyl (C=O) groups is 2. The molecule has 1 atom stereocenters. The van der Waals surface area contributed by atoms with Crippen molar-refractivity contribution >= 4 is 23.4 Å². The molecule has 2 aromatic rings. The van der Waals surface area contributed by atoms with Gasteiger partial charge >= 0.3 is 0 Å². The van der Waals surface area contributed by atoms with Gasteiger partial charge < -0.3 is 15.3 Å². The third-order valence-corrected chi connectivity index (χ3v) is 3.86. The van der Waals surface area contributed by atoms with Gasteiger partial charge in [0.15, 0.2) is 0 Å². The summed E-state index contributed by atoms with van der Waals surface area (Å²) in [6, 6.07) is 13.3. The molecule has 0 fully saturated rings. The Morgan fingerprint density at radius 1 is 1.08 bits per heavy atom. The van der Waals surface area contributed by atoms with Crippen LogP contribution < -0.4 is 5.32 Å². The molecular formula is C18H19ClN2O3. The van der Waals surface area contributed by atoms with Crippen molar-refractivity contribution in [3.05, 3.63) is 70.2 Å². The van der Waals surface area contributed by atoms with E-state index in [4.69, 9.17) is 11.6 Å². The second kappa shape index (κ2) is 7.95. The Labute approximate surface area is 145 Å². The normalized spacial score (nSPS) is 11.7. The van der Waals surface area contributed by atoms with Crippen LogP contribution in [0.1, 0.15) is 32.4 Å². The summed E-state index contributed by atoms with van der Waals surface area (Å²) in [5, 5.41) is 13.2. The quantitative estimate of drug-likeness (QED) is 0.874. The zero-order chi connectivity index (χ0) is 17.7. The highest BCUT2D eigenvalue weighted by Gasteiger charge is 2.14. The molecule has 0 aliphatic rings. The Morgan fingerprint density at radius 3 is 2.25 bits per heavy atom. The van der Waals surface area contributed by atoms with Crippen LogP contribution in [0.15, 0.2) is 48.5 Å². The molecular weight excluding hydrogens is 328 g/mol. The highest BCUT2D eigenvalue weighted by atomic mass is 35.5. The molecule has 0 bridgehead atoms. The lowest BCUT2D eigenvalue weighted by Crippen LogP contribution is -2.28. The Kier molecular flexibility index (Phi) is 5.95. The van der Waals surface area contributed by atoms with Crippen LogP contribution in [-0.2, 0) is 0 Å². The molecule has 0 spiro atoms. The van der Waals surface area contributed by atoms with Gasteiger partial charge in [-0.25, -0.2) is 0 Å². The fraction of sp³-hybridized carbons (Fsp3) is 0.222. The van der Waals surface area contributed by atoms with Crippen LogP contribution in [0, 0.1) is 0 Å². The SMILES string of the molecule is CN(C)C(=O)c1ccc(C(=O)NCC(O)c2ccccc2Cl)cc1. The zero-order valence-corrected chi connectivity index (χ0v) is 14.2. The molecule has 1 unspecified atom stereocenters. The molecule has 0 aliphatic carbocycles. The van der Waals surface area contributed by atoms with E-state index in [1.54, 1.807) is 62.6 Å². The fourth-order valence-electron chi connectivity index (χ4n) is 2.17. The van der Waals surface area contributed by atoms with E-state index in [0.29, 0.717) is 21.7 Å². The monoisotopic (exact) mass is 346 g/mol. The summed E-state index contributed by atoms with van der Waals surface area (Å²) >= 11 is 6.02. The lowest BCUT2D eigenvalue weighted by atomic mass is 10.1.